The van der Waals surface area contributed by atoms with Crippen LogP contribution in [0.3, 0.4) is 0 Å². The molecule has 0 aliphatic rings. The number of nitrogens with two attached hydrogens (primary N) is 1. The lowest BCUT2D eigenvalue weighted by Crippen LogP contribution is -2.27. The van der Waals surface area contributed by atoms with Gasteiger partial charge in [-0.25, -0.2) is 18.7 Å². The zero-order valence-electron chi connectivity index (χ0n) is 8.10. The first-order valence-corrected chi connectivity index (χ1v) is 4.33. The van der Waals surface area contributed by atoms with Crippen molar-refractivity contribution in [3.8, 4) is 0 Å². The highest BCUT2D eigenvalue weighted by molar-refractivity contribution is 5.93. The molecule has 3 N–H and O–H groups in total. The Morgan fingerprint density at radius 3 is 2.62 bits per heavy atom. The molecule has 1 amide bonds. The lowest BCUT2D eigenvalue weighted by atomic mass is 10.2. The molecule has 0 atom stereocenters. The SMILES string of the molecule is NCCONC(=O)c1ccc(F)c(F)c1F. The lowest BCUT2D eigenvalue weighted by Gasteiger charge is -2.06. The summed E-state index contributed by atoms with van der Waals surface area (Å²) < 4.78 is 38.4. The Balaban J connectivity index is 2.80. The van der Waals surface area contributed by atoms with Crippen LogP contribution in [0.5, 0.6) is 0 Å². The van der Waals surface area contributed by atoms with Crippen LogP contribution in [-0.2, 0) is 4.84 Å². The predicted octanol–water partition coefficient (Wildman–Crippen LogP) is 0.724. The zero-order valence-corrected chi connectivity index (χ0v) is 8.10. The van der Waals surface area contributed by atoms with Crippen molar-refractivity contribution in [2.45, 2.75) is 0 Å². The van der Waals surface area contributed by atoms with Gasteiger partial charge in [0.25, 0.3) is 5.91 Å². The third kappa shape index (κ3) is 2.71. The minimum absolute atomic E-state index is 0.0248. The molecule has 7 heteroatoms. The predicted molar refractivity (Wildman–Crippen MR) is 48.8 cm³/mol. The molecule has 0 aliphatic heterocycles. The Hall–Kier alpha value is -1.60. The first-order chi connectivity index (χ1) is 7.57. The van der Waals surface area contributed by atoms with Crippen LogP contribution in [-0.4, -0.2) is 19.1 Å². The maximum atomic E-state index is 13.1. The van der Waals surface area contributed by atoms with E-state index in [1.165, 1.54) is 0 Å². The number of benzene rings is 1. The topological polar surface area (TPSA) is 64.3 Å². The summed E-state index contributed by atoms with van der Waals surface area (Å²) in [5.41, 5.74) is 6.26. The maximum absolute atomic E-state index is 13.1. The zero-order chi connectivity index (χ0) is 12.1. The molecule has 88 valence electrons. The Kier molecular flexibility index (Phi) is 4.27. The van der Waals surface area contributed by atoms with Crippen LogP contribution in [0, 0.1) is 17.5 Å². The summed E-state index contributed by atoms with van der Waals surface area (Å²) >= 11 is 0. The van der Waals surface area contributed by atoms with Crippen LogP contribution < -0.4 is 11.2 Å². The number of nitrogens with one attached hydrogen (secondary N) is 1. The summed E-state index contributed by atoms with van der Waals surface area (Å²) in [6, 6.07) is 1.46. The van der Waals surface area contributed by atoms with E-state index in [0.29, 0.717) is 6.07 Å². The number of halogens is 3. The van der Waals surface area contributed by atoms with Gasteiger partial charge in [-0.1, -0.05) is 0 Å². The second kappa shape index (κ2) is 5.47. The van der Waals surface area contributed by atoms with E-state index < -0.39 is 28.9 Å². The highest BCUT2D eigenvalue weighted by atomic mass is 19.2. The molecule has 0 unspecified atom stereocenters. The lowest BCUT2D eigenvalue weighted by molar-refractivity contribution is 0.0339. The van der Waals surface area contributed by atoms with Gasteiger partial charge in [0.05, 0.1) is 12.2 Å². The fraction of sp³-hybridized carbons (Fsp3) is 0.222. The van der Waals surface area contributed by atoms with E-state index in [1.54, 1.807) is 0 Å². The Bertz CT molecular complexity index is 399. The highest BCUT2D eigenvalue weighted by Crippen LogP contribution is 2.14. The number of hydrogen-bond acceptors (Lipinski definition) is 3. The van der Waals surface area contributed by atoms with Gasteiger partial charge in [-0.05, 0) is 12.1 Å². The summed E-state index contributed by atoms with van der Waals surface area (Å²) in [6.07, 6.45) is 0. The molecule has 0 radical (unpaired) electrons. The molecule has 0 aliphatic carbocycles. The number of hydroxylamine groups is 1. The second-order valence-electron chi connectivity index (χ2n) is 2.79. The Labute approximate surface area is 89.1 Å². The minimum Gasteiger partial charge on any atom is -0.328 e. The van der Waals surface area contributed by atoms with E-state index in [0.717, 1.165) is 6.07 Å². The Morgan fingerprint density at radius 1 is 1.31 bits per heavy atom. The summed E-state index contributed by atoms with van der Waals surface area (Å²) in [4.78, 5) is 15.7. The molecule has 1 aromatic rings. The highest BCUT2D eigenvalue weighted by Gasteiger charge is 2.18. The van der Waals surface area contributed by atoms with Gasteiger partial charge < -0.3 is 5.73 Å². The van der Waals surface area contributed by atoms with Crippen molar-refractivity contribution >= 4 is 5.91 Å². The van der Waals surface area contributed by atoms with Gasteiger partial charge in [-0.15, -0.1) is 0 Å². The van der Waals surface area contributed by atoms with Crippen molar-refractivity contribution < 1.29 is 22.8 Å². The van der Waals surface area contributed by atoms with Gasteiger partial charge in [0.2, 0.25) is 0 Å². The van der Waals surface area contributed by atoms with Crippen LogP contribution in [0.15, 0.2) is 12.1 Å². The van der Waals surface area contributed by atoms with Gasteiger partial charge in [0, 0.05) is 6.54 Å². The van der Waals surface area contributed by atoms with Crippen LogP contribution in [0.2, 0.25) is 0 Å². The molecule has 0 saturated carbocycles. The van der Waals surface area contributed by atoms with E-state index in [1.807, 2.05) is 5.48 Å². The summed E-state index contributed by atoms with van der Waals surface area (Å²) in [7, 11) is 0. The van der Waals surface area contributed by atoms with Crippen molar-refractivity contribution in [2.75, 3.05) is 13.2 Å². The molecule has 0 aromatic heterocycles. The standard InChI is InChI=1S/C9H9F3N2O2/c10-6-2-1-5(7(11)8(6)12)9(15)14-16-4-3-13/h1-2H,3-4,13H2,(H,14,15). The number of carbonyl (C=O) groups is 1. The third-order valence-corrected chi connectivity index (χ3v) is 1.66. The van der Waals surface area contributed by atoms with Gasteiger partial charge >= 0.3 is 0 Å². The molecular weight excluding hydrogens is 225 g/mol. The molecule has 0 fully saturated rings. The minimum atomic E-state index is -1.70. The Morgan fingerprint density at radius 2 is 2.00 bits per heavy atom. The summed E-state index contributed by atoms with van der Waals surface area (Å²) in [5, 5.41) is 0. The number of carbonyl (C=O) groups excluding carboxylic acids is 1. The molecule has 0 heterocycles. The largest absolute Gasteiger partial charge is 0.328 e. The van der Waals surface area contributed by atoms with Gasteiger partial charge in [0.1, 0.15) is 0 Å². The van der Waals surface area contributed by atoms with E-state index >= 15 is 0 Å². The quantitative estimate of drug-likeness (QED) is 0.458. The van der Waals surface area contributed by atoms with Crippen molar-refractivity contribution in [3.63, 3.8) is 0 Å². The molecule has 16 heavy (non-hydrogen) atoms. The molecule has 1 rings (SSSR count). The van der Waals surface area contributed by atoms with Gasteiger partial charge in [-0.2, -0.15) is 0 Å². The van der Waals surface area contributed by atoms with E-state index in [9.17, 15) is 18.0 Å². The van der Waals surface area contributed by atoms with Crippen LogP contribution in [0.4, 0.5) is 13.2 Å². The van der Waals surface area contributed by atoms with Crippen molar-refractivity contribution in [1.29, 1.82) is 0 Å². The van der Waals surface area contributed by atoms with Crippen molar-refractivity contribution in [1.82, 2.24) is 5.48 Å². The first-order valence-electron chi connectivity index (χ1n) is 4.33. The second-order valence-corrected chi connectivity index (χ2v) is 2.79. The fourth-order valence-electron chi connectivity index (χ4n) is 0.932. The molecule has 1 aromatic carbocycles. The third-order valence-electron chi connectivity index (χ3n) is 1.66. The smallest absolute Gasteiger partial charge is 0.277 e. The summed E-state index contributed by atoms with van der Waals surface area (Å²) in [5.74, 6) is -5.64. The first kappa shape index (κ1) is 12.5. The maximum Gasteiger partial charge on any atom is 0.277 e. The van der Waals surface area contributed by atoms with Crippen molar-refractivity contribution in [3.05, 3.63) is 35.1 Å². The number of amides is 1. The molecule has 0 spiro atoms. The van der Waals surface area contributed by atoms with Crippen LogP contribution in [0.1, 0.15) is 10.4 Å². The average molecular weight is 234 g/mol. The summed E-state index contributed by atoms with van der Waals surface area (Å²) in [6.45, 7) is 0.178. The van der Waals surface area contributed by atoms with Crippen LogP contribution in [0.25, 0.3) is 0 Å². The number of hydrogen-bond donors (Lipinski definition) is 2. The van der Waals surface area contributed by atoms with E-state index in [4.69, 9.17) is 5.73 Å². The number of rotatable bonds is 4. The molecule has 0 saturated heterocycles. The van der Waals surface area contributed by atoms with E-state index in [2.05, 4.69) is 4.84 Å². The van der Waals surface area contributed by atoms with Crippen molar-refractivity contribution in [2.24, 2.45) is 5.73 Å². The average Bonchev–Trinajstić information content (AvgIpc) is 2.26. The van der Waals surface area contributed by atoms with Gasteiger partial charge in [0.15, 0.2) is 17.5 Å². The fourth-order valence-corrected chi connectivity index (χ4v) is 0.932. The van der Waals surface area contributed by atoms with Gasteiger partial charge in [-0.3, -0.25) is 9.63 Å². The normalized spacial score (nSPS) is 10.2. The van der Waals surface area contributed by atoms with E-state index in [-0.39, 0.29) is 13.2 Å². The monoisotopic (exact) mass is 234 g/mol. The molecular formula is C9H9F3N2O2. The molecule has 0 bridgehead atoms. The molecule has 4 nitrogen and oxygen atoms in total. The van der Waals surface area contributed by atoms with Crippen LogP contribution >= 0.6 is 0 Å².